The van der Waals surface area contributed by atoms with Gasteiger partial charge in [-0.1, -0.05) is 158 Å². The lowest BCUT2D eigenvalue weighted by molar-refractivity contribution is 1.07. The molecule has 0 spiro atoms. The highest BCUT2D eigenvalue weighted by molar-refractivity contribution is 5.99. The van der Waals surface area contributed by atoms with E-state index in [0.717, 1.165) is 71.9 Å². The smallest absolute Gasteiger partial charge is 0.164 e. The zero-order valence-corrected chi connectivity index (χ0v) is 34.6. The molecule has 64 heavy (non-hydrogen) atoms. The van der Waals surface area contributed by atoms with Gasteiger partial charge in [-0.2, -0.15) is 0 Å². The zero-order valence-electron chi connectivity index (χ0n) is 34.6. The van der Waals surface area contributed by atoms with Crippen LogP contribution >= 0.6 is 0 Å². The topological polar surface area (TPSA) is 64.5 Å². The molecule has 0 bridgehead atoms. The normalized spacial score (nSPS) is 11.4. The van der Waals surface area contributed by atoms with Crippen LogP contribution in [0.15, 0.2) is 225 Å². The molecule has 12 rings (SSSR count). The standard InChI is InChI=1S/C59H37N5/c1-3-21-51-38(11-1)13-7-23-53(51)44-17-5-15-42(31-44)48-33-49(43-16-6-18-45(32-43)54-24-8-14-39-12-2-4-22-52(39)54)35-50(34-48)59-63-57(46-27-25-40-19-9-29-60-55(40)36-46)62-58(64-59)47-28-26-41-20-10-30-61-56(41)37-47/h1-37H. The molecule has 3 aromatic heterocycles. The monoisotopic (exact) mass is 815 g/mol. The Morgan fingerprint density at radius 1 is 0.234 bits per heavy atom. The second kappa shape index (κ2) is 15.7. The van der Waals surface area contributed by atoms with Crippen LogP contribution in [0.3, 0.4) is 0 Å². The van der Waals surface area contributed by atoms with Gasteiger partial charge < -0.3 is 0 Å². The number of hydrogen-bond donors (Lipinski definition) is 0. The zero-order chi connectivity index (χ0) is 42.4. The van der Waals surface area contributed by atoms with Gasteiger partial charge in [0.1, 0.15) is 0 Å². The van der Waals surface area contributed by atoms with Crippen molar-refractivity contribution in [1.29, 1.82) is 0 Å². The summed E-state index contributed by atoms with van der Waals surface area (Å²) in [5.41, 5.74) is 13.3. The highest BCUT2D eigenvalue weighted by atomic mass is 15.0. The Morgan fingerprint density at radius 3 is 1.14 bits per heavy atom. The molecule has 0 N–H and O–H groups in total. The van der Waals surface area contributed by atoms with Crippen LogP contribution in [0.25, 0.3) is 122 Å². The number of benzene rings is 9. The third-order valence-electron chi connectivity index (χ3n) is 12.1. The molecule has 0 aliphatic heterocycles. The first kappa shape index (κ1) is 37.1. The van der Waals surface area contributed by atoms with E-state index in [2.05, 4.69) is 210 Å². The van der Waals surface area contributed by atoms with Crippen LogP contribution in [0.1, 0.15) is 0 Å². The second-order valence-electron chi connectivity index (χ2n) is 16.1. The van der Waals surface area contributed by atoms with E-state index in [1.165, 1.54) is 32.7 Å². The van der Waals surface area contributed by atoms with Gasteiger partial charge in [0.15, 0.2) is 17.5 Å². The molecule has 0 aliphatic carbocycles. The molecule has 12 aromatic rings. The summed E-state index contributed by atoms with van der Waals surface area (Å²) in [5, 5.41) is 6.98. The van der Waals surface area contributed by atoms with Crippen molar-refractivity contribution in [3.8, 4) is 78.7 Å². The summed E-state index contributed by atoms with van der Waals surface area (Å²) in [6, 6.07) is 75.0. The Morgan fingerprint density at radius 2 is 0.625 bits per heavy atom. The van der Waals surface area contributed by atoms with E-state index in [0.29, 0.717) is 17.5 Å². The van der Waals surface area contributed by atoms with E-state index in [1.807, 2.05) is 24.5 Å². The quantitative estimate of drug-likeness (QED) is 0.160. The number of hydrogen-bond acceptors (Lipinski definition) is 5. The van der Waals surface area contributed by atoms with Gasteiger partial charge in [0.05, 0.1) is 11.0 Å². The van der Waals surface area contributed by atoms with Crippen molar-refractivity contribution < 1.29 is 0 Å². The van der Waals surface area contributed by atoms with Gasteiger partial charge in [0.25, 0.3) is 0 Å². The van der Waals surface area contributed by atoms with Crippen molar-refractivity contribution in [2.24, 2.45) is 0 Å². The summed E-state index contributed by atoms with van der Waals surface area (Å²) in [6.45, 7) is 0. The molecular formula is C59H37N5. The third-order valence-corrected chi connectivity index (χ3v) is 12.1. The van der Waals surface area contributed by atoms with E-state index < -0.39 is 0 Å². The minimum atomic E-state index is 0.566. The molecule has 0 atom stereocenters. The SMILES string of the molecule is c1cc(-c2cc(-c3cccc(-c4cccc5ccccc45)c3)cc(-c3nc(-c4ccc5cccnc5c4)nc(-c4ccc5cccnc5c4)n3)c2)cc(-c2cccc3ccccc23)c1. The van der Waals surface area contributed by atoms with Crippen molar-refractivity contribution >= 4 is 43.4 Å². The van der Waals surface area contributed by atoms with E-state index in [-0.39, 0.29) is 0 Å². The molecule has 0 radical (unpaired) electrons. The highest BCUT2D eigenvalue weighted by Crippen LogP contribution is 2.38. The summed E-state index contributed by atoms with van der Waals surface area (Å²) in [6.07, 6.45) is 3.63. The van der Waals surface area contributed by atoms with E-state index in [1.54, 1.807) is 0 Å². The molecular weight excluding hydrogens is 779 g/mol. The molecule has 3 heterocycles. The molecule has 298 valence electrons. The van der Waals surface area contributed by atoms with Gasteiger partial charge in [-0.25, -0.2) is 15.0 Å². The van der Waals surface area contributed by atoms with Crippen molar-refractivity contribution in [2.45, 2.75) is 0 Å². The van der Waals surface area contributed by atoms with Crippen LogP contribution in [-0.4, -0.2) is 24.9 Å². The fourth-order valence-electron chi connectivity index (χ4n) is 8.95. The average molecular weight is 816 g/mol. The fourth-order valence-corrected chi connectivity index (χ4v) is 8.95. The third kappa shape index (κ3) is 6.91. The second-order valence-corrected chi connectivity index (χ2v) is 16.1. The number of pyridine rings is 2. The highest BCUT2D eigenvalue weighted by Gasteiger charge is 2.17. The molecule has 0 fully saturated rings. The minimum absolute atomic E-state index is 0.566. The Balaban J connectivity index is 1.07. The summed E-state index contributed by atoms with van der Waals surface area (Å²) >= 11 is 0. The molecule has 5 heteroatoms. The minimum Gasteiger partial charge on any atom is -0.256 e. The van der Waals surface area contributed by atoms with Crippen molar-refractivity contribution in [1.82, 2.24) is 24.9 Å². The lowest BCUT2D eigenvalue weighted by Crippen LogP contribution is -2.01. The first-order valence-corrected chi connectivity index (χ1v) is 21.5. The Hall–Kier alpha value is -8.67. The first-order chi connectivity index (χ1) is 31.7. The van der Waals surface area contributed by atoms with Crippen LogP contribution in [0.2, 0.25) is 0 Å². The lowest BCUT2D eigenvalue weighted by Gasteiger charge is -2.14. The van der Waals surface area contributed by atoms with Crippen LogP contribution in [0.5, 0.6) is 0 Å². The Bertz CT molecular complexity index is 3510. The summed E-state index contributed by atoms with van der Waals surface area (Å²) in [7, 11) is 0. The number of rotatable bonds is 7. The maximum Gasteiger partial charge on any atom is 0.164 e. The maximum absolute atomic E-state index is 5.27. The van der Waals surface area contributed by atoms with Gasteiger partial charge >= 0.3 is 0 Å². The molecule has 5 nitrogen and oxygen atoms in total. The van der Waals surface area contributed by atoms with Crippen LogP contribution < -0.4 is 0 Å². The molecule has 0 amide bonds. The van der Waals surface area contributed by atoms with E-state index >= 15 is 0 Å². The summed E-state index contributed by atoms with van der Waals surface area (Å²) in [5.74, 6) is 1.70. The predicted octanol–water partition coefficient (Wildman–Crippen LogP) is 14.9. The first-order valence-electron chi connectivity index (χ1n) is 21.5. The van der Waals surface area contributed by atoms with Crippen molar-refractivity contribution in [3.63, 3.8) is 0 Å². The fraction of sp³-hybridized carbons (Fsp3) is 0. The van der Waals surface area contributed by atoms with Crippen LogP contribution in [0, 0.1) is 0 Å². The van der Waals surface area contributed by atoms with Crippen LogP contribution in [-0.2, 0) is 0 Å². The molecule has 0 saturated carbocycles. The average Bonchev–Trinajstić information content (AvgIpc) is 3.37. The molecule has 0 saturated heterocycles. The Kier molecular flexibility index (Phi) is 9.08. The lowest BCUT2D eigenvalue weighted by atomic mass is 9.91. The van der Waals surface area contributed by atoms with Crippen molar-refractivity contribution in [2.75, 3.05) is 0 Å². The van der Waals surface area contributed by atoms with Gasteiger partial charge in [0, 0.05) is 39.9 Å². The summed E-state index contributed by atoms with van der Waals surface area (Å²) < 4.78 is 0. The van der Waals surface area contributed by atoms with Gasteiger partial charge in [-0.05, 0) is 121 Å². The van der Waals surface area contributed by atoms with Crippen LogP contribution in [0.4, 0.5) is 0 Å². The predicted molar refractivity (Wildman–Crippen MR) is 263 cm³/mol. The number of aromatic nitrogens is 5. The number of nitrogens with zero attached hydrogens (tertiary/aromatic N) is 5. The maximum atomic E-state index is 5.27. The van der Waals surface area contributed by atoms with E-state index in [9.17, 15) is 0 Å². The van der Waals surface area contributed by atoms with Crippen molar-refractivity contribution in [3.05, 3.63) is 225 Å². The number of fused-ring (bicyclic) bond motifs is 4. The Labute approximate surface area is 370 Å². The molecule has 9 aromatic carbocycles. The van der Waals surface area contributed by atoms with Gasteiger partial charge in [0.2, 0.25) is 0 Å². The van der Waals surface area contributed by atoms with E-state index in [4.69, 9.17) is 15.0 Å². The molecule has 0 unspecified atom stereocenters. The summed E-state index contributed by atoms with van der Waals surface area (Å²) in [4.78, 5) is 25.0. The van der Waals surface area contributed by atoms with Gasteiger partial charge in [-0.3, -0.25) is 9.97 Å². The van der Waals surface area contributed by atoms with Gasteiger partial charge in [-0.15, -0.1) is 0 Å². The molecule has 0 aliphatic rings. The largest absolute Gasteiger partial charge is 0.256 e.